The molecule has 0 bridgehead atoms. The standard InChI is InChI=1S/C23H15BrN2O5/c24-21-12-15(10-19(13-25)17-5-7-18(8-6-17)23(27)28)4-9-22(21)31-14-16-2-1-3-20(11-16)26(29)30/h1-12H,14H2,(H,27,28)/b19-10-. The molecule has 154 valence electrons. The van der Waals surface area contributed by atoms with E-state index in [0.29, 0.717) is 26.9 Å². The zero-order valence-electron chi connectivity index (χ0n) is 16.0. The van der Waals surface area contributed by atoms with E-state index in [4.69, 9.17) is 9.84 Å². The molecule has 0 aliphatic rings. The summed E-state index contributed by atoms with van der Waals surface area (Å²) in [4.78, 5) is 21.4. The van der Waals surface area contributed by atoms with Crippen LogP contribution in [-0.2, 0) is 6.61 Å². The van der Waals surface area contributed by atoms with Crippen molar-refractivity contribution in [3.8, 4) is 11.8 Å². The van der Waals surface area contributed by atoms with Crippen molar-refractivity contribution in [3.63, 3.8) is 0 Å². The minimum atomic E-state index is -1.03. The van der Waals surface area contributed by atoms with E-state index in [1.165, 1.54) is 24.3 Å². The van der Waals surface area contributed by atoms with Gasteiger partial charge in [-0.2, -0.15) is 5.26 Å². The van der Waals surface area contributed by atoms with Crippen molar-refractivity contribution < 1.29 is 19.6 Å². The van der Waals surface area contributed by atoms with Crippen molar-refractivity contribution in [3.05, 3.63) is 104 Å². The van der Waals surface area contributed by atoms with Crippen molar-refractivity contribution in [1.82, 2.24) is 0 Å². The number of hydrogen-bond donors (Lipinski definition) is 1. The molecule has 0 saturated carbocycles. The van der Waals surface area contributed by atoms with Gasteiger partial charge in [0.05, 0.1) is 26.6 Å². The molecule has 3 aromatic carbocycles. The number of hydrogen-bond acceptors (Lipinski definition) is 5. The number of carboxylic acids is 1. The lowest BCUT2D eigenvalue weighted by Gasteiger charge is -2.09. The number of nitro benzene ring substituents is 1. The molecular weight excluding hydrogens is 464 g/mol. The van der Waals surface area contributed by atoms with E-state index in [1.807, 2.05) is 0 Å². The Morgan fingerprint density at radius 1 is 1.13 bits per heavy atom. The Labute approximate surface area is 186 Å². The van der Waals surface area contributed by atoms with E-state index in [2.05, 4.69) is 22.0 Å². The van der Waals surface area contributed by atoms with Crippen LogP contribution in [0.1, 0.15) is 27.0 Å². The van der Waals surface area contributed by atoms with Crippen molar-refractivity contribution in [1.29, 1.82) is 5.26 Å². The molecule has 0 aliphatic heterocycles. The number of carboxylic acid groups (broad SMARTS) is 1. The normalized spacial score (nSPS) is 10.9. The van der Waals surface area contributed by atoms with Crippen LogP contribution in [0.25, 0.3) is 11.6 Å². The molecule has 0 atom stereocenters. The van der Waals surface area contributed by atoms with Gasteiger partial charge < -0.3 is 9.84 Å². The fourth-order valence-electron chi connectivity index (χ4n) is 2.78. The number of nitro groups is 1. The molecule has 0 heterocycles. The van der Waals surface area contributed by atoms with Gasteiger partial charge in [-0.15, -0.1) is 0 Å². The second kappa shape index (κ2) is 9.69. The third-order valence-electron chi connectivity index (χ3n) is 4.35. The fourth-order valence-corrected chi connectivity index (χ4v) is 3.29. The highest BCUT2D eigenvalue weighted by atomic mass is 79.9. The number of aromatic carboxylic acids is 1. The zero-order chi connectivity index (χ0) is 22.4. The Hall–Kier alpha value is -3.96. The summed E-state index contributed by atoms with van der Waals surface area (Å²) in [6.45, 7) is 0.162. The lowest BCUT2D eigenvalue weighted by Crippen LogP contribution is -1.97. The molecule has 7 nitrogen and oxygen atoms in total. The Morgan fingerprint density at radius 3 is 2.45 bits per heavy atom. The van der Waals surface area contributed by atoms with E-state index in [1.54, 1.807) is 48.5 Å². The highest BCUT2D eigenvalue weighted by Crippen LogP contribution is 2.29. The maximum absolute atomic E-state index is 11.0. The SMILES string of the molecule is N#C/C(=C/c1ccc(OCc2cccc([N+](=O)[O-])c2)c(Br)c1)c1ccc(C(=O)O)cc1. The van der Waals surface area contributed by atoms with Gasteiger partial charge in [-0.25, -0.2) is 4.79 Å². The zero-order valence-corrected chi connectivity index (χ0v) is 17.6. The number of allylic oxidation sites excluding steroid dienone is 1. The second-order valence-electron chi connectivity index (χ2n) is 6.46. The van der Waals surface area contributed by atoms with Gasteiger partial charge in [0.15, 0.2) is 0 Å². The van der Waals surface area contributed by atoms with Gasteiger partial charge in [-0.1, -0.05) is 30.3 Å². The number of nitriles is 1. The van der Waals surface area contributed by atoms with E-state index in [-0.39, 0.29) is 17.9 Å². The average molecular weight is 479 g/mol. The molecule has 0 saturated heterocycles. The average Bonchev–Trinajstić information content (AvgIpc) is 2.77. The summed E-state index contributed by atoms with van der Waals surface area (Å²) < 4.78 is 6.41. The number of ether oxygens (including phenoxy) is 1. The van der Waals surface area contributed by atoms with E-state index in [0.717, 1.165) is 5.56 Å². The Morgan fingerprint density at radius 2 is 1.84 bits per heavy atom. The molecule has 0 spiro atoms. The number of benzene rings is 3. The molecule has 0 fully saturated rings. The molecule has 1 N–H and O–H groups in total. The third kappa shape index (κ3) is 5.56. The van der Waals surface area contributed by atoms with Gasteiger partial charge in [-0.3, -0.25) is 10.1 Å². The summed E-state index contributed by atoms with van der Waals surface area (Å²) in [6.07, 6.45) is 1.69. The van der Waals surface area contributed by atoms with E-state index in [9.17, 15) is 20.2 Å². The third-order valence-corrected chi connectivity index (χ3v) is 4.97. The Bertz CT molecular complexity index is 1210. The molecule has 0 unspecified atom stereocenters. The van der Waals surface area contributed by atoms with Crippen molar-refractivity contribution >= 4 is 39.2 Å². The topological polar surface area (TPSA) is 113 Å². The predicted octanol–water partition coefficient (Wildman–Crippen LogP) is 5.70. The molecule has 0 amide bonds. The molecule has 0 radical (unpaired) electrons. The lowest BCUT2D eigenvalue weighted by molar-refractivity contribution is -0.384. The predicted molar refractivity (Wildman–Crippen MR) is 118 cm³/mol. The van der Waals surface area contributed by atoms with Gasteiger partial charge in [0.1, 0.15) is 12.4 Å². The van der Waals surface area contributed by atoms with Crippen LogP contribution in [0, 0.1) is 21.4 Å². The number of rotatable bonds is 7. The molecule has 0 aliphatic carbocycles. The summed E-state index contributed by atoms with van der Waals surface area (Å²) in [5.74, 6) is -0.480. The van der Waals surface area contributed by atoms with Crippen LogP contribution >= 0.6 is 15.9 Å². The second-order valence-corrected chi connectivity index (χ2v) is 7.31. The van der Waals surface area contributed by atoms with Gasteiger partial charge in [0, 0.05) is 12.1 Å². The summed E-state index contributed by atoms with van der Waals surface area (Å²) >= 11 is 3.44. The smallest absolute Gasteiger partial charge is 0.335 e. The minimum Gasteiger partial charge on any atom is -0.488 e. The number of halogens is 1. The molecule has 0 aromatic heterocycles. The highest BCUT2D eigenvalue weighted by molar-refractivity contribution is 9.10. The first-order valence-electron chi connectivity index (χ1n) is 8.98. The quantitative estimate of drug-likeness (QED) is 0.201. The summed E-state index contributed by atoms with van der Waals surface area (Å²) in [6, 6.07) is 19.7. The Kier molecular flexibility index (Phi) is 6.80. The van der Waals surface area contributed by atoms with Gasteiger partial charge >= 0.3 is 5.97 Å². The van der Waals surface area contributed by atoms with Gasteiger partial charge in [-0.05, 0) is 63.0 Å². The molecule has 31 heavy (non-hydrogen) atoms. The van der Waals surface area contributed by atoms with E-state index < -0.39 is 10.9 Å². The molecule has 3 aromatic rings. The first-order valence-corrected chi connectivity index (χ1v) is 9.78. The van der Waals surface area contributed by atoms with Crippen LogP contribution in [0.4, 0.5) is 5.69 Å². The van der Waals surface area contributed by atoms with Crippen molar-refractivity contribution in [2.75, 3.05) is 0 Å². The van der Waals surface area contributed by atoms with Gasteiger partial charge in [0.2, 0.25) is 0 Å². The lowest BCUT2D eigenvalue weighted by atomic mass is 10.0. The fraction of sp³-hybridized carbons (Fsp3) is 0.0435. The van der Waals surface area contributed by atoms with Crippen LogP contribution in [0.5, 0.6) is 5.75 Å². The van der Waals surface area contributed by atoms with E-state index >= 15 is 0 Å². The molecule has 8 heteroatoms. The van der Waals surface area contributed by atoms with Crippen molar-refractivity contribution in [2.45, 2.75) is 6.61 Å². The van der Waals surface area contributed by atoms with Crippen LogP contribution in [-0.4, -0.2) is 16.0 Å². The largest absolute Gasteiger partial charge is 0.488 e. The summed E-state index contributed by atoms with van der Waals surface area (Å²) in [5.41, 5.74) is 2.55. The monoisotopic (exact) mass is 478 g/mol. The first kappa shape index (κ1) is 21.7. The molecular formula is C23H15BrN2O5. The minimum absolute atomic E-state index is 0.000992. The van der Waals surface area contributed by atoms with Crippen LogP contribution in [0.3, 0.4) is 0 Å². The first-order chi connectivity index (χ1) is 14.9. The highest BCUT2D eigenvalue weighted by Gasteiger charge is 2.09. The van der Waals surface area contributed by atoms with Crippen LogP contribution < -0.4 is 4.74 Å². The van der Waals surface area contributed by atoms with Crippen LogP contribution in [0.15, 0.2) is 71.2 Å². The molecule has 3 rings (SSSR count). The Balaban J connectivity index is 1.76. The number of nitrogens with zero attached hydrogens (tertiary/aromatic N) is 2. The summed E-state index contributed by atoms with van der Waals surface area (Å²) in [5, 5.41) is 29.4. The maximum atomic E-state index is 11.0. The summed E-state index contributed by atoms with van der Waals surface area (Å²) in [7, 11) is 0. The van der Waals surface area contributed by atoms with Crippen molar-refractivity contribution in [2.24, 2.45) is 0 Å². The number of carbonyl (C=O) groups is 1. The number of non-ortho nitro benzene ring substituents is 1. The van der Waals surface area contributed by atoms with Crippen LogP contribution in [0.2, 0.25) is 0 Å². The maximum Gasteiger partial charge on any atom is 0.335 e. The van der Waals surface area contributed by atoms with Gasteiger partial charge in [0.25, 0.3) is 5.69 Å².